The van der Waals surface area contributed by atoms with Crippen LogP contribution < -0.4 is 0 Å². The van der Waals surface area contributed by atoms with Crippen molar-refractivity contribution in [1.82, 2.24) is 4.90 Å². The summed E-state index contributed by atoms with van der Waals surface area (Å²) < 4.78 is 33.3. The van der Waals surface area contributed by atoms with Gasteiger partial charge in [0.05, 0.1) is 13.2 Å². The molecule has 0 fully saturated rings. The molecule has 0 aromatic heterocycles. The number of carbonyl (C=O) groups is 2. The van der Waals surface area contributed by atoms with Gasteiger partial charge in [0.1, 0.15) is 6.61 Å². The lowest BCUT2D eigenvalue weighted by atomic mass is 10.0. The number of hydrogen-bond donors (Lipinski definition) is 1. The number of esters is 2. The zero-order valence-corrected chi connectivity index (χ0v) is 31.9. The van der Waals surface area contributed by atoms with Gasteiger partial charge in [0.15, 0.2) is 6.10 Å². The summed E-state index contributed by atoms with van der Waals surface area (Å²) in [5, 5.41) is 0. The summed E-state index contributed by atoms with van der Waals surface area (Å²) in [6.07, 6.45) is 28.5. The molecule has 2 atom stereocenters. The summed E-state index contributed by atoms with van der Waals surface area (Å²) in [4.78, 5) is 36.8. The van der Waals surface area contributed by atoms with E-state index in [4.69, 9.17) is 18.5 Å². The van der Waals surface area contributed by atoms with Gasteiger partial charge in [-0.2, -0.15) is 0 Å². The van der Waals surface area contributed by atoms with E-state index in [0.717, 1.165) is 32.1 Å². The predicted octanol–water partition coefficient (Wildman–Crippen LogP) is 10.3. The number of carbonyl (C=O) groups excluding carboxylic acids is 2. The van der Waals surface area contributed by atoms with E-state index in [1.54, 1.807) is 0 Å². The summed E-state index contributed by atoms with van der Waals surface area (Å²) in [6.45, 7) is 4.32. The minimum absolute atomic E-state index is 0.0121. The molecule has 0 aliphatic heterocycles. The highest BCUT2D eigenvalue weighted by Gasteiger charge is 2.26. The third-order valence-electron chi connectivity index (χ3n) is 8.41. The number of phosphoric ester groups is 1. The maximum atomic E-state index is 12.6. The second kappa shape index (κ2) is 33.5. The summed E-state index contributed by atoms with van der Waals surface area (Å²) in [7, 11) is -0.697. The molecule has 0 radical (unpaired) electrons. The van der Waals surface area contributed by atoms with E-state index in [0.29, 0.717) is 19.4 Å². The van der Waals surface area contributed by atoms with E-state index >= 15 is 0 Å². The Morgan fingerprint density at radius 3 is 1.36 bits per heavy atom. The maximum absolute atomic E-state index is 12.6. The fourth-order valence-corrected chi connectivity index (χ4v) is 6.13. The van der Waals surface area contributed by atoms with E-state index < -0.39 is 26.5 Å². The van der Waals surface area contributed by atoms with Crippen LogP contribution in [-0.4, -0.2) is 68.3 Å². The number of unbranched alkanes of at least 4 members (excludes halogenated alkanes) is 22. The highest BCUT2D eigenvalue weighted by atomic mass is 31.2. The number of ether oxygens (including phenoxy) is 2. The number of likely N-dealkylation sites (N-methyl/N-ethyl adjacent to an activating group) is 1. The summed E-state index contributed by atoms with van der Waals surface area (Å²) in [5.74, 6) is -0.794. The SMILES string of the molecule is CCCCCCCCCCCCCCCC(=O)OCC(COP(=O)(O)OCCN(C)C)OC(=O)CCCCCCCCCCCCC. The van der Waals surface area contributed by atoms with E-state index in [1.807, 2.05) is 19.0 Å². The third-order valence-corrected chi connectivity index (χ3v) is 9.40. The molecule has 0 aliphatic rings. The average Bonchev–Trinajstić information content (AvgIpc) is 3.03. The van der Waals surface area contributed by atoms with E-state index in [1.165, 1.54) is 116 Å². The van der Waals surface area contributed by atoms with Gasteiger partial charge >= 0.3 is 19.8 Å². The Kier molecular flexibility index (Phi) is 32.8. The van der Waals surface area contributed by atoms with Crippen molar-refractivity contribution >= 4 is 19.8 Å². The van der Waals surface area contributed by atoms with Crippen molar-refractivity contribution < 1.29 is 37.6 Å². The molecule has 9 nitrogen and oxygen atoms in total. The van der Waals surface area contributed by atoms with Crippen LogP contribution in [-0.2, 0) is 32.7 Å². The average molecular weight is 692 g/mol. The van der Waals surface area contributed by atoms with Crippen LogP contribution >= 0.6 is 7.82 Å². The van der Waals surface area contributed by atoms with E-state index in [-0.39, 0.29) is 25.6 Å². The van der Waals surface area contributed by atoms with Gasteiger partial charge < -0.3 is 19.3 Å². The Balaban J connectivity index is 4.32. The van der Waals surface area contributed by atoms with Gasteiger partial charge in [-0.1, -0.05) is 155 Å². The smallest absolute Gasteiger partial charge is 0.462 e. The molecule has 0 aromatic carbocycles. The minimum Gasteiger partial charge on any atom is -0.462 e. The van der Waals surface area contributed by atoms with Gasteiger partial charge in [0.2, 0.25) is 0 Å². The molecule has 0 spiro atoms. The van der Waals surface area contributed by atoms with Crippen LogP contribution in [0.2, 0.25) is 0 Å². The maximum Gasteiger partial charge on any atom is 0.472 e. The first-order valence-corrected chi connectivity index (χ1v) is 20.8. The van der Waals surface area contributed by atoms with Crippen molar-refractivity contribution in [2.75, 3.05) is 40.5 Å². The van der Waals surface area contributed by atoms with Crippen LogP contribution in [0.5, 0.6) is 0 Å². The highest BCUT2D eigenvalue weighted by molar-refractivity contribution is 7.47. The Morgan fingerprint density at radius 2 is 0.957 bits per heavy atom. The lowest BCUT2D eigenvalue weighted by Crippen LogP contribution is -2.29. The van der Waals surface area contributed by atoms with Crippen LogP contribution in [0.1, 0.15) is 181 Å². The molecule has 0 amide bonds. The molecule has 10 heteroatoms. The number of nitrogens with zero attached hydrogens (tertiary/aromatic N) is 1. The fourth-order valence-electron chi connectivity index (χ4n) is 5.39. The zero-order valence-electron chi connectivity index (χ0n) is 31.0. The first-order valence-electron chi connectivity index (χ1n) is 19.3. The Labute approximate surface area is 289 Å². The van der Waals surface area contributed by atoms with Crippen LogP contribution in [0, 0.1) is 0 Å². The van der Waals surface area contributed by atoms with Crippen molar-refractivity contribution in [3.63, 3.8) is 0 Å². The van der Waals surface area contributed by atoms with Crippen molar-refractivity contribution in [3.8, 4) is 0 Å². The van der Waals surface area contributed by atoms with Crippen molar-refractivity contribution in [2.24, 2.45) is 0 Å². The molecule has 2 unspecified atom stereocenters. The normalized spacial score (nSPS) is 13.5. The monoisotopic (exact) mass is 692 g/mol. The van der Waals surface area contributed by atoms with Crippen LogP contribution in [0.3, 0.4) is 0 Å². The topological polar surface area (TPSA) is 112 Å². The summed E-state index contributed by atoms with van der Waals surface area (Å²) >= 11 is 0. The van der Waals surface area contributed by atoms with Crippen molar-refractivity contribution in [1.29, 1.82) is 0 Å². The number of phosphoric acid groups is 1. The molecule has 0 bridgehead atoms. The van der Waals surface area contributed by atoms with Crippen LogP contribution in [0.15, 0.2) is 0 Å². The molecule has 0 aliphatic carbocycles. The molecular formula is C37H74NO8P. The van der Waals surface area contributed by atoms with Gasteiger partial charge in [0, 0.05) is 19.4 Å². The largest absolute Gasteiger partial charge is 0.472 e. The quantitative estimate of drug-likeness (QED) is 0.0390. The van der Waals surface area contributed by atoms with Gasteiger partial charge in [-0.3, -0.25) is 18.6 Å². The highest BCUT2D eigenvalue weighted by Crippen LogP contribution is 2.43. The molecule has 0 aromatic rings. The Bertz CT molecular complexity index is 767. The fraction of sp³-hybridized carbons (Fsp3) is 0.946. The van der Waals surface area contributed by atoms with Crippen LogP contribution in [0.25, 0.3) is 0 Å². The van der Waals surface area contributed by atoms with Gasteiger partial charge in [0.25, 0.3) is 0 Å². The lowest BCUT2D eigenvalue weighted by Gasteiger charge is -2.20. The van der Waals surface area contributed by atoms with Gasteiger partial charge in [-0.15, -0.1) is 0 Å². The molecule has 1 N–H and O–H groups in total. The minimum atomic E-state index is -4.34. The number of hydrogen-bond acceptors (Lipinski definition) is 8. The zero-order chi connectivity index (χ0) is 34.9. The summed E-state index contributed by atoms with van der Waals surface area (Å²) in [6, 6.07) is 0. The second-order valence-electron chi connectivity index (χ2n) is 13.5. The molecular weight excluding hydrogens is 617 g/mol. The first-order chi connectivity index (χ1) is 22.7. The van der Waals surface area contributed by atoms with Gasteiger partial charge in [-0.25, -0.2) is 4.57 Å². The molecule has 47 heavy (non-hydrogen) atoms. The predicted molar refractivity (Wildman–Crippen MR) is 193 cm³/mol. The van der Waals surface area contributed by atoms with E-state index in [2.05, 4.69) is 13.8 Å². The Hall–Kier alpha value is -0.990. The second-order valence-corrected chi connectivity index (χ2v) is 14.9. The third kappa shape index (κ3) is 34.7. The molecule has 0 saturated carbocycles. The molecule has 0 saturated heterocycles. The van der Waals surface area contributed by atoms with Crippen LogP contribution in [0.4, 0.5) is 0 Å². The molecule has 280 valence electrons. The number of rotatable bonds is 36. The summed E-state index contributed by atoms with van der Waals surface area (Å²) in [5.41, 5.74) is 0. The standard InChI is InChI=1S/C37H74NO8P/c1-5-7-9-11-13-15-17-18-20-21-23-25-27-29-36(39)43-33-35(34-45-47(41,42)44-32-31-38(3)4)46-37(40)30-28-26-24-22-19-16-14-12-10-8-6-2/h35H,5-34H2,1-4H3,(H,41,42). The van der Waals surface area contributed by atoms with Crippen molar-refractivity contribution in [2.45, 2.75) is 187 Å². The Morgan fingerprint density at radius 1 is 0.574 bits per heavy atom. The van der Waals surface area contributed by atoms with Crippen molar-refractivity contribution in [3.05, 3.63) is 0 Å². The first kappa shape index (κ1) is 46.0. The van der Waals surface area contributed by atoms with E-state index in [9.17, 15) is 19.0 Å². The lowest BCUT2D eigenvalue weighted by molar-refractivity contribution is -0.161. The van der Waals surface area contributed by atoms with Gasteiger partial charge in [-0.05, 0) is 26.9 Å². The molecule has 0 rings (SSSR count). The molecule has 0 heterocycles.